The first-order chi connectivity index (χ1) is 8.76. The predicted molar refractivity (Wildman–Crippen MR) is 44.9 cm³/mol. The van der Waals surface area contributed by atoms with Crippen LogP contribution in [0.25, 0.3) is 0 Å². The van der Waals surface area contributed by atoms with E-state index >= 15 is 0 Å². The molecule has 1 saturated heterocycles. The van der Waals surface area contributed by atoms with E-state index in [0.717, 1.165) is 0 Å². The highest BCUT2D eigenvalue weighted by Gasteiger charge is 2.58. The molecule has 0 amide bonds. The highest BCUT2D eigenvalue weighted by atomic mass is 19.4. The third kappa shape index (κ3) is 3.48. The van der Waals surface area contributed by atoms with Crippen molar-refractivity contribution in [3.8, 4) is 0 Å². The molecule has 0 aromatic rings. The molecule has 2 unspecified atom stereocenters. The number of carboxylic acids is 1. The second kappa shape index (κ2) is 4.98. The van der Waals surface area contributed by atoms with Gasteiger partial charge in [-0.2, -0.15) is 35.1 Å². The number of hydrogen-bond donors (Lipinski definition) is 1. The number of morpholine rings is 1. The van der Waals surface area contributed by atoms with Gasteiger partial charge in [0, 0.05) is 13.1 Å². The van der Waals surface area contributed by atoms with Crippen LogP contribution in [0.5, 0.6) is 0 Å². The fourth-order valence-electron chi connectivity index (χ4n) is 1.49. The van der Waals surface area contributed by atoms with E-state index < -0.39 is 54.6 Å². The summed E-state index contributed by atoms with van der Waals surface area (Å²) in [6.45, 7) is -3.43. The van der Waals surface area contributed by atoms with Gasteiger partial charge >= 0.3 is 24.4 Å². The normalized spacial score (nSPS) is 26.6. The van der Waals surface area contributed by atoms with E-state index in [1.807, 2.05) is 0 Å². The molecule has 1 fully saturated rings. The third-order valence-electron chi connectivity index (χ3n) is 2.49. The molecule has 20 heavy (non-hydrogen) atoms. The molecule has 2 atom stereocenters. The fraction of sp³-hybridized carbons (Fsp3) is 0.875. The molecule has 0 spiro atoms. The minimum absolute atomic E-state index is 0.713. The lowest BCUT2D eigenvalue weighted by Crippen LogP contribution is -2.63. The Kier molecular flexibility index (Phi) is 4.21. The Bertz CT molecular complexity index is 357. The van der Waals surface area contributed by atoms with Gasteiger partial charge in [0.2, 0.25) is 0 Å². The molecule has 12 heteroatoms. The summed E-state index contributed by atoms with van der Waals surface area (Å²) in [6.07, 6.45) is -17.0. The molecule has 0 aromatic heterocycles. The average molecular weight is 317 g/mol. The number of aliphatic carboxylic acids is 1. The van der Waals surface area contributed by atoms with Crippen LogP contribution < -0.4 is 0 Å². The van der Waals surface area contributed by atoms with Crippen LogP contribution in [0, 0.1) is 0 Å². The van der Waals surface area contributed by atoms with E-state index in [0.29, 0.717) is 0 Å². The summed E-state index contributed by atoms with van der Waals surface area (Å²) >= 11 is 0. The Balaban J connectivity index is 3.06. The van der Waals surface area contributed by atoms with Crippen molar-refractivity contribution >= 4 is 5.97 Å². The van der Waals surface area contributed by atoms with E-state index in [1.54, 1.807) is 0 Å². The van der Waals surface area contributed by atoms with Crippen LogP contribution in [-0.4, -0.2) is 59.7 Å². The van der Waals surface area contributed by atoms with Gasteiger partial charge in [0.25, 0.3) is 0 Å². The zero-order chi connectivity index (χ0) is 15.9. The summed E-state index contributed by atoms with van der Waals surface area (Å²) in [5.41, 5.74) is 0. The maximum atomic E-state index is 13.1. The van der Waals surface area contributed by atoms with Crippen molar-refractivity contribution in [2.75, 3.05) is 13.1 Å². The van der Waals surface area contributed by atoms with Crippen molar-refractivity contribution in [1.82, 2.24) is 4.90 Å². The number of alkyl halides is 8. The number of carbonyl (C=O) groups is 1. The summed E-state index contributed by atoms with van der Waals surface area (Å²) in [6, 6.07) is -4.86. The lowest BCUT2D eigenvalue weighted by atomic mass is 10.2. The van der Waals surface area contributed by atoms with E-state index in [-0.39, 0.29) is 0 Å². The number of carboxylic acid groups (broad SMARTS) is 1. The van der Waals surface area contributed by atoms with Crippen molar-refractivity contribution in [3.63, 3.8) is 0 Å². The van der Waals surface area contributed by atoms with Gasteiger partial charge in [0.1, 0.15) is 0 Å². The number of rotatable bonds is 2. The van der Waals surface area contributed by atoms with Crippen molar-refractivity contribution < 1.29 is 49.8 Å². The second-order valence-electron chi connectivity index (χ2n) is 3.95. The first kappa shape index (κ1) is 16.9. The van der Waals surface area contributed by atoms with Crippen LogP contribution in [0.1, 0.15) is 0 Å². The van der Waals surface area contributed by atoms with E-state index in [9.17, 15) is 39.9 Å². The minimum atomic E-state index is -5.34. The average Bonchev–Trinajstić information content (AvgIpc) is 2.25. The van der Waals surface area contributed by atoms with Crippen LogP contribution >= 0.6 is 0 Å². The maximum absolute atomic E-state index is 13.1. The van der Waals surface area contributed by atoms with Gasteiger partial charge in [0.05, 0.1) is 0 Å². The molecule has 0 aliphatic carbocycles. The summed E-state index contributed by atoms with van der Waals surface area (Å²) < 4.78 is 104. The van der Waals surface area contributed by atoms with Crippen LogP contribution in [0.4, 0.5) is 35.1 Å². The summed E-state index contributed by atoms with van der Waals surface area (Å²) in [5, 5.41) is 8.18. The second-order valence-corrected chi connectivity index (χ2v) is 3.95. The quantitative estimate of drug-likeness (QED) is 0.624. The molecule has 0 saturated carbocycles. The summed E-state index contributed by atoms with van der Waals surface area (Å²) in [4.78, 5) is 9.52. The van der Waals surface area contributed by atoms with Crippen LogP contribution in [0.15, 0.2) is 0 Å². The first-order valence-electron chi connectivity index (χ1n) is 4.91. The first-order valence-corrected chi connectivity index (χ1v) is 4.91. The summed E-state index contributed by atoms with van der Waals surface area (Å²) in [7, 11) is 0. The zero-order valence-corrected chi connectivity index (χ0v) is 9.30. The molecule has 0 aromatic carbocycles. The molecule has 1 heterocycles. The number of halogens is 8. The Hall–Kier alpha value is -1.17. The molecule has 0 bridgehead atoms. The SMILES string of the molecule is O=C(O)C(F)(F)N1CC(C(F)(F)F)OC(C(F)(F)F)C1. The van der Waals surface area contributed by atoms with Crippen molar-refractivity contribution in [2.45, 2.75) is 30.6 Å². The molecule has 1 aliphatic heterocycles. The lowest BCUT2D eigenvalue weighted by Gasteiger charge is -2.40. The molecule has 1 rings (SSSR count). The smallest absolute Gasteiger partial charge is 0.415 e. The molecule has 118 valence electrons. The largest absolute Gasteiger partial charge is 0.476 e. The van der Waals surface area contributed by atoms with Gasteiger partial charge in [-0.05, 0) is 0 Å². The van der Waals surface area contributed by atoms with Crippen molar-refractivity contribution in [1.29, 1.82) is 0 Å². The van der Waals surface area contributed by atoms with Crippen molar-refractivity contribution in [3.05, 3.63) is 0 Å². The molecule has 1 aliphatic rings. The van der Waals surface area contributed by atoms with Crippen LogP contribution in [0.3, 0.4) is 0 Å². The molecule has 1 N–H and O–H groups in total. The molecular weight excluding hydrogens is 310 g/mol. The molecule has 4 nitrogen and oxygen atoms in total. The summed E-state index contributed by atoms with van der Waals surface area (Å²) in [5.74, 6) is -2.85. The maximum Gasteiger partial charge on any atom is 0.415 e. The van der Waals surface area contributed by atoms with Gasteiger partial charge in [0.15, 0.2) is 12.2 Å². The van der Waals surface area contributed by atoms with E-state index in [4.69, 9.17) is 5.11 Å². The van der Waals surface area contributed by atoms with Gasteiger partial charge in [-0.25, -0.2) is 9.69 Å². The molecular formula is C8H7F8NO3. The van der Waals surface area contributed by atoms with Gasteiger partial charge < -0.3 is 9.84 Å². The van der Waals surface area contributed by atoms with Gasteiger partial charge in [-0.3, -0.25) is 0 Å². The Morgan fingerprint density at radius 3 is 1.55 bits per heavy atom. The third-order valence-corrected chi connectivity index (χ3v) is 2.49. The zero-order valence-electron chi connectivity index (χ0n) is 9.30. The molecule has 0 radical (unpaired) electrons. The standard InChI is InChI=1S/C8H7F8NO3/c9-6(10,11)3-1-17(8(15,16)5(18)19)2-4(20-3)7(12,13)14/h3-4H,1-2H2,(H,18,19). The lowest BCUT2D eigenvalue weighted by molar-refractivity contribution is -0.324. The predicted octanol–water partition coefficient (Wildman–Crippen LogP) is 1.86. The van der Waals surface area contributed by atoms with E-state index in [2.05, 4.69) is 4.74 Å². The highest BCUT2D eigenvalue weighted by Crippen LogP contribution is 2.36. The number of nitrogens with zero attached hydrogens (tertiary/aromatic N) is 1. The minimum Gasteiger partial charge on any atom is -0.476 e. The number of hydrogen-bond acceptors (Lipinski definition) is 3. The van der Waals surface area contributed by atoms with E-state index in [1.165, 1.54) is 0 Å². The van der Waals surface area contributed by atoms with Gasteiger partial charge in [-0.1, -0.05) is 0 Å². The fourth-order valence-corrected chi connectivity index (χ4v) is 1.49. The highest BCUT2D eigenvalue weighted by molar-refractivity contribution is 5.74. The topological polar surface area (TPSA) is 49.8 Å². The van der Waals surface area contributed by atoms with Crippen LogP contribution in [-0.2, 0) is 9.53 Å². The van der Waals surface area contributed by atoms with Crippen LogP contribution in [0.2, 0.25) is 0 Å². The van der Waals surface area contributed by atoms with Crippen molar-refractivity contribution in [2.24, 2.45) is 0 Å². The Morgan fingerprint density at radius 1 is 0.950 bits per heavy atom. The number of ether oxygens (including phenoxy) is 1. The Morgan fingerprint density at radius 2 is 1.30 bits per heavy atom. The monoisotopic (exact) mass is 317 g/mol. The van der Waals surface area contributed by atoms with Gasteiger partial charge in [-0.15, -0.1) is 0 Å². The Labute approximate surface area is 105 Å².